The molecule has 0 bridgehead atoms. The van der Waals surface area contributed by atoms with Crippen molar-refractivity contribution in [1.29, 1.82) is 0 Å². The minimum absolute atomic E-state index is 0.0699. The van der Waals surface area contributed by atoms with E-state index >= 15 is 0 Å². The monoisotopic (exact) mass is 305 g/mol. The van der Waals surface area contributed by atoms with Crippen LogP contribution in [-0.2, 0) is 21.1 Å². The highest BCUT2D eigenvalue weighted by atomic mass is 35.5. The molecule has 19 heavy (non-hydrogen) atoms. The van der Waals surface area contributed by atoms with Crippen molar-refractivity contribution in [2.45, 2.75) is 17.8 Å². The number of halogens is 2. The van der Waals surface area contributed by atoms with Gasteiger partial charge in [0.25, 0.3) is 0 Å². The van der Waals surface area contributed by atoms with Crippen molar-refractivity contribution in [1.82, 2.24) is 5.32 Å². The molecule has 0 radical (unpaired) electrons. The van der Waals surface area contributed by atoms with Gasteiger partial charge in [-0.25, -0.2) is 12.8 Å². The van der Waals surface area contributed by atoms with E-state index in [1.807, 2.05) is 0 Å². The second-order valence-electron chi connectivity index (χ2n) is 4.57. The summed E-state index contributed by atoms with van der Waals surface area (Å²) in [5, 5.41) is 2.01. The third-order valence-corrected chi connectivity index (χ3v) is 5.28. The Bertz CT molecular complexity index is 573. The number of amides is 1. The molecule has 0 aliphatic carbocycles. The quantitative estimate of drug-likeness (QED) is 0.844. The van der Waals surface area contributed by atoms with Crippen LogP contribution >= 0.6 is 11.6 Å². The summed E-state index contributed by atoms with van der Waals surface area (Å²) in [5.74, 6) is -0.932. The first-order valence-corrected chi connectivity index (χ1v) is 8.00. The number of alkyl halides is 1. The average Bonchev–Trinajstić information content (AvgIpc) is 2.55. The van der Waals surface area contributed by atoms with Crippen LogP contribution in [0.1, 0.15) is 5.56 Å². The summed E-state index contributed by atoms with van der Waals surface area (Å²) >= 11 is 5.89. The van der Waals surface area contributed by atoms with E-state index in [2.05, 4.69) is 5.32 Å². The summed E-state index contributed by atoms with van der Waals surface area (Å²) in [6.07, 6.45) is 0.0699. The molecule has 0 spiro atoms. The van der Waals surface area contributed by atoms with Crippen molar-refractivity contribution in [3.8, 4) is 0 Å². The third-order valence-electron chi connectivity index (χ3n) is 2.91. The number of carbonyl (C=O) groups is 1. The van der Waals surface area contributed by atoms with E-state index in [0.29, 0.717) is 5.56 Å². The van der Waals surface area contributed by atoms with Gasteiger partial charge < -0.3 is 5.32 Å². The molecule has 1 fully saturated rings. The molecule has 1 saturated heterocycles. The second-order valence-corrected chi connectivity index (χ2v) is 7.28. The van der Waals surface area contributed by atoms with Crippen LogP contribution in [0.2, 0.25) is 0 Å². The van der Waals surface area contributed by atoms with Gasteiger partial charge in [0, 0.05) is 0 Å². The lowest BCUT2D eigenvalue weighted by Crippen LogP contribution is -2.41. The van der Waals surface area contributed by atoms with Crippen LogP contribution in [0, 0.1) is 5.82 Å². The van der Waals surface area contributed by atoms with Gasteiger partial charge in [0.1, 0.15) is 5.82 Å². The highest BCUT2D eigenvalue weighted by Crippen LogP contribution is 2.18. The Morgan fingerprint density at radius 3 is 2.47 bits per heavy atom. The molecule has 1 amide bonds. The SMILES string of the molecule is O=C(Cc1ccc(F)cc1)N[C@@H]1CS(=O)(=O)C[C@H]1Cl. The van der Waals surface area contributed by atoms with Crippen molar-refractivity contribution in [3.05, 3.63) is 35.6 Å². The highest BCUT2D eigenvalue weighted by molar-refractivity contribution is 7.91. The Hall–Kier alpha value is -1.14. The molecule has 1 aliphatic heterocycles. The predicted molar refractivity (Wildman–Crippen MR) is 70.3 cm³/mol. The summed E-state index contributed by atoms with van der Waals surface area (Å²) in [6, 6.07) is 5.01. The molecule has 2 atom stereocenters. The van der Waals surface area contributed by atoms with Crippen LogP contribution < -0.4 is 5.32 Å². The van der Waals surface area contributed by atoms with E-state index in [4.69, 9.17) is 11.6 Å². The normalized spacial score (nSPS) is 25.2. The Kier molecular flexibility index (Phi) is 4.10. The standard InChI is InChI=1S/C12H13ClFNO3S/c13-10-6-19(17,18)7-11(10)15-12(16)5-8-1-3-9(14)4-2-8/h1-4,10-11H,5-7H2,(H,15,16)/t10-,11-/m1/s1. The Morgan fingerprint density at radius 1 is 1.32 bits per heavy atom. The molecular weight excluding hydrogens is 293 g/mol. The van der Waals surface area contributed by atoms with Crippen LogP contribution in [0.15, 0.2) is 24.3 Å². The van der Waals surface area contributed by atoms with Crippen molar-refractivity contribution >= 4 is 27.3 Å². The van der Waals surface area contributed by atoms with E-state index in [9.17, 15) is 17.6 Å². The fourth-order valence-electron chi connectivity index (χ4n) is 1.98. The first-order chi connectivity index (χ1) is 8.85. The van der Waals surface area contributed by atoms with E-state index < -0.39 is 21.3 Å². The smallest absolute Gasteiger partial charge is 0.224 e. The summed E-state index contributed by atoms with van der Waals surface area (Å²) in [5.41, 5.74) is 0.658. The van der Waals surface area contributed by atoms with Crippen molar-refractivity contribution in [3.63, 3.8) is 0 Å². The molecule has 2 rings (SSSR count). The van der Waals surface area contributed by atoms with Crippen LogP contribution in [-0.4, -0.2) is 37.2 Å². The number of benzene rings is 1. The number of hydrogen-bond acceptors (Lipinski definition) is 3. The minimum Gasteiger partial charge on any atom is -0.351 e. The minimum atomic E-state index is -3.17. The van der Waals surface area contributed by atoms with Gasteiger partial charge in [-0.2, -0.15) is 0 Å². The Balaban J connectivity index is 1.93. The molecule has 0 unspecified atom stereocenters. The van der Waals surface area contributed by atoms with Crippen molar-refractivity contribution in [2.24, 2.45) is 0 Å². The van der Waals surface area contributed by atoms with Crippen LogP contribution in [0.4, 0.5) is 4.39 Å². The van der Waals surface area contributed by atoms with Gasteiger partial charge in [0.2, 0.25) is 5.91 Å². The maximum atomic E-state index is 12.7. The molecule has 1 N–H and O–H groups in total. The van der Waals surface area contributed by atoms with Gasteiger partial charge in [0.05, 0.1) is 29.3 Å². The lowest BCUT2D eigenvalue weighted by molar-refractivity contribution is -0.120. The maximum Gasteiger partial charge on any atom is 0.224 e. The summed E-state index contributed by atoms with van der Waals surface area (Å²) in [4.78, 5) is 11.8. The first kappa shape index (κ1) is 14.3. The average molecular weight is 306 g/mol. The first-order valence-electron chi connectivity index (χ1n) is 5.74. The van der Waals surface area contributed by atoms with Crippen LogP contribution in [0.25, 0.3) is 0 Å². The number of sulfone groups is 1. The van der Waals surface area contributed by atoms with Crippen LogP contribution in [0.3, 0.4) is 0 Å². The molecule has 104 valence electrons. The molecular formula is C12H13ClFNO3S. The van der Waals surface area contributed by atoms with Crippen molar-refractivity contribution < 1.29 is 17.6 Å². The third kappa shape index (κ3) is 3.91. The number of rotatable bonds is 3. The topological polar surface area (TPSA) is 63.2 Å². The zero-order valence-corrected chi connectivity index (χ0v) is 11.5. The Morgan fingerprint density at radius 2 is 1.95 bits per heavy atom. The van der Waals surface area contributed by atoms with E-state index in [1.54, 1.807) is 0 Å². The Labute approximate surface area is 115 Å². The van der Waals surface area contributed by atoms with Gasteiger partial charge in [-0.05, 0) is 17.7 Å². The zero-order chi connectivity index (χ0) is 14.0. The molecule has 1 aliphatic rings. The lowest BCUT2D eigenvalue weighted by atomic mass is 10.1. The number of nitrogens with one attached hydrogen (secondary N) is 1. The van der Waals surface area contributed by atoms with Crippen LogP contribution in [0.5, 0.6) is 0 Å². The number of hydrogen-bond donors (Lipinski definition) is 1. The van der Waals surface area contributed by atoms with Gasteiger partial charge in [-0.1, -0.05) is 12.1 Å². The molecule has 1 aromatic carbocycles. The molecule has 1 heterocycles. The summed E-state index contributed by atoms with van der Waals surface area (Å²) in [6.45, 7) is 0. The largest absolute Gasteiger partial charge is 0.351 e. The van der Waals surface area contributed by atoms with E-state index in [-0.39, 0.29) is 29.7 Å². The summed E-state index contributed by atoms with van der Waals surface area (Å²) in [7, 11) is -3.17. The van der Waals surface area contributed by atoms with E-state index in [1.165, 1.54) is 24.3 Å². The zero-order valence-electron chi connectivity index (χ0n) is 9.97. The summed E-state index contributed by atoms with van der Waals surface area (Å²) < 4.78 is 35.4. The maximum absolute atomic E-state index is 12.7. The molecule has 4 nitrogen and oxygen atoms in total. The van der Waals surface area contributed by atoms with E-state index in [0.717, 1.165) is 0 Å². The molecule has 0 saturated carbocycles. The van der Waals surface area contributed by atoms with Gasteiger partial charge in [-0.3, -0.25) is 4.79 Å². The molecule has 1 aromatic rings. The van der Waals surface area contributed by atoms with Gasteiger partial charge in [-0.15, -0.1) is 11.6 Å². The predicted octanol–water partition coefficient (Wildman–Crippen LogP) is 0.889. The lowest BCUT2D eigenvalue weighted by Gasteiger charge is -2.14. The van der Waals surface area contributed by atoms with Crippen molar-refractivity contribution in [2.75, 3.05) is 11.5 Å². The molecule has 0 aromatic heterocycles. The number of carbonyl (C=O) groups excluding carboxylic acids is 1. The van der Waals surface area contributed by atoms with Gasteiger partial charge >= 0.3 is 0 Å². The van der Waals surface area contributed by atoms with Gasteiger partial charge in [0.15, 0.2) is 9.84 Å². The second kappa shape index (κ2) is 5.46. The highest BCUT2D eigenvalue weighted by Gasteiger charge is 2.37. The fraction of sp³-hybridized carbons (Fsp3) is 0.417. The fourth-order valence-corrected chi connectivity index (χ4v) is 4.53. The molecule has 7 heteroatoms.